The van der Waals surface area contributed by atoms with Gasteiger partial charge in [-0.15, -0.1) is 0 Å². The van der Waals surface area contributed by atoms with Crippen LogP contribution in [0.1, 0.15) is 11.1 Å². The minimum Gasteiger partial charge on any atom is -0.330 e. The van der Waals surface area contributed by atoms with E-state index in [9.17, 15) is 0 Å². The summed E-state index contributed by atoms with van der Waals surface area (Å²) < 4.78 is 0. The zero-order valence-electron chi connectivity index (χ0n) is 9.35. The lowest BCUT2D eigenvalue weighted by Gasteiger charge is -2.03. The molecule has 3 nitrogen and oxygen atoms in total. The van der Waals surface area contributed by atoms with Crippen LogP contribution in [0.25, 0.3) is 11.4 Å². The van der Waals surface area contributed by atoms with Gasteiger partial charge in [-0.1, -0.05) is 0 Å². The summed E-state index contributed by atoms with van der Waals surface area (Å²) in [5.41, 5.74) is 9.76. The Hall–Kier alpha value is -1.74. The number of nitrogens with two attached hydrogens (primary N) is 1. The molecule has 0 fully saturated rings. The molecule has 2 N–H and O–H groups in total. The standard InChI is InChI=1S/C13H15N3/c1-10-3-6-15-12(8-10)13-9-11(2-5-14)4-7-16-13/h3-4,6-9H,2,5,14H2,1H3. The van der Waals surface area contributed by atoms with Crippen molar-refractivity contribution in [3.05, 3.63) is 47.8 Å². The molecule has 2 rings (SSSR count). The van der Waals surface area contributed by atoms with Crippen LogP contribution in [0.2, 0.25) is 0 Å². The summed E-state index contributed by atoms with van der Waals surface area (Å²) in [7, 11) is 0. The zero-order chi connectivity index (χ0) is 11.4. The fourth-order valence-electron chi connectivity index (χ4n) is 1.61. The van der Waals surface area contributed by atoms with Crippen LogP contribution in [0.3, 0.4) is 0 Å². The third kappa shape index (κ3) is 2.44. The van der Waals surface area contributed by atoms with E-state index in [0.29, 0.717) is 6.54 Å². The first kappa shape index (κ1) is 10.8. The van der Waals surface area contributed by atoms with Crippen LogP contribution in [0.5, 0.6) is 0 Å². The highest BCUT2D eigenvalue weighted by molar-refractivity contribution is 5.55. The van der Waals surface area contributed by atoms with Gasteiger partial charge >= 0.3 is 0 Å². The van der Waals surface area contributed by atoms with Crippen LogP contribution >= 0.6 is 0 Å². The quantitative estimate of drug-likeness (QED) is 0.847. The van der Waals surface area contributed by atoms with Gasteiger partial charge in [-0.05, 0) is 55.3 Å². The third-order valence-electron chi connectivity index (χ3n) is 2.44. The maximum absolute atomic E-state index is 5.54. The molecule has 0 aromatic carbocycles. The molecule has 2 heterocycles. The smallest absolute Gasteiger partial charge is 0.0888 e. The lowest BCUT2D eigenvalue weighted by molar-refractivity contribution is 0.964. The van der Waals surface area contributed by atoms with E-state index in [2.05, 4.69) is 23.0 Å². The Bertz CT molecular complexity index is 480. The van der Waals surface area contributed by atoms with Crippen molar-refractivity contribution in [1.82, 2.24) is 9.97 Å². The van der Waals surface area contributed by atoms with Gasteiger partial charge in [0.25, 0.3) is 0 Å². The molecule has 0 spiro atoms. The molecule has 0 atom stereocenters. The molecule has 2 aromatic heterocycles. The van der Waals surface area contributed by atoms with Crippen LogP contribution in [0, 0.1) is 6.92 Å². The van der Waals surface area contributed by atoms with E-state index in [4.69, 9.17) is 5.73 Å². The summed E-state index contributed by atoms with van der Waals surface area (Å²) in [6.07, 6.45) is 4.49. The molecule has 3 heteroatoms. The van der Waals surface area contributed by atoms with Crippen LogP contribution < -0.4 is 5.73 Å². The number of hydrogen-bond donors (Lipinski definition) is 1. The SMILES string of the molecule is Cc1ccnc(-c2cc(CCN)ccn2)c1. The van der Waals surface area contributed by atoms with Crippen LogP contribution in [-0.2, 0) is 6.42 Å². The van der Waals surface area contributed by atoms with E-state index in [0.717, 1.165) is 17.8 Å². The lowest BCUT2D eigenvalue weighted by Crippen LogP contribution is -2.03. The summed E-state index contributed by atoms with van der Waals surface area (Å²) in [6.45, 7) is 2.71. The summed E-state index contributed by atoms with van der Waals surface area (Å²) in [6, 6.07) is 8.06. The number of pyridine rings is 2. The van der Waals surface area contributed by atoms with E-state index in [-0.39, 0.29) is 0 Å². The summed E-state index contributed by atoms with van der Waals surface area (Å²) >= 11 is 0. The first-order chi connectivity index (χ1) is 7.79. The fraction of sp³-hybridized carbons (Fsp3) is 0.231. The average Bonchev–Trinajstić information content (AvgIpc) is 2.30. The number of nitrogens with zero attached hydrogens (tertiary/aromatic N) is 2. The minimum atomic E-state index is 0.657. The summed E-state index contributed by atoms with van der Waals surface area (Å²) in [5.74, 6) is 0. The highest BCUT2D eigenvalue weighted by Crippen LogP contribution is 2.16. The number of aryl methyl sites for hydroxylation is 1. The summed E-state index contributed by atoms with van der Waals surface area (Å²) in [4.78, 5) is 8.65. The number of rotatable bonds is 3. The molecule has 0 aliphatic carbocycles. The molecule has 0 aliphatic heterocycles. The monoisotopic (exact) mass is 213 g/mol. The van der Waals surface area contributed by atoms with Crippen molar-refractivity contribution >= 4 is 0 Å². The van der Waals surface area contributed by atoms with Gasteiger partial charge in [0.2, 0.25) is 0 Å². The predicted molar refractivity (Wildman–Crippen MR) is 65.0 cm³/mol. The van der Waals surface area contributed by atoms with Crippen molar-refractivity contribution in [3.63, 3.8) is 0 Å². The molecule has 2 aromatic rings. The van der Waals surface area contributed by atoms with Crippen molar-refractivity contribution in [3.8, 4) is 11.4 Å². The first-order valence-corrected chi connectivity index (χ1v) is 5.37. The van der Waals surface area contributed by atoms with Gasteiger partial charge in [0.1, 0.15) is 0 Å². The Morgan fingerprint density at radius 2 is 1.75 bits per heavy atom. The van der Waals surface area contributed by atoms with Crippen molar-refractivity contribution in [2.75, 3.05) is 6.54 Å². The predicted octanol–water partition coefficient (Wildman–Crippen LogP) is 1.95. The molecule has 82 valence electrons. The molecule has 0 saturated carbocycles. The highest BCUT2D eigenvalue weighted by atomic mass is 14.8. The Labute approximate surface area is 95.4 Å². The molecule has 0 aliphatic rings. The largest absolute Gasteiger partial charge is 0.330 e. The summed E-state index contributed by atoms with van der Waals surface area (Å²) in [5, 5.41) is 0. The third-order valence-corrected chi connectivity index (χ3v) is 2.44. The second-order valence-electron chi connectivity index (χ2n) is 3.81. The average molecular weight is 213 g/mol. The Morgan fingerprint density at radius 1 is 1.06 bits per heavy atom. The Morgan fingerprint density at radius 3 is 2.44 bits per heavy atom. The topological polar surface area (TPSA) is 51.8 Å². The Kier molecular flexibility index (Phi) is 3.27. The molecule has 0 unspecified atom stereocenters. The molecule has 0 radical (unpaired) electrons. The first-order valence-electron chi connectivity index (χ1n) is 5.37. The van der Waals surface area contributed by atoms with E-state index in [1.807, 2.05) is 30.6 Å². The van der Waals surface area contributed by atoms with Crippen molar-refractivity contribution in [1.29, 1.82) is 0 Å². The van der Waals surface area contributed by atoms with Gasteiger partial charge in [0.15, 0.2) is 0 Å². The van der Waals surface area contributed by atoms with Gasteiger partial charge in [-0.25, -0.2) is 0 Å². The molecule has 0 amide bonds. The van der Waals surface area contributed by atoms with Gasteiger partial charge in [-0.3, -0.25) is 9.97 Å². The molecular formula is C13H15N3. The van der Waals surface area contributed by atoms with E-state index in [1.54, 1.807) is 0 Å². The number of hydrogen-bond acceptors (Lipinski definition) is 3. The second kappa shape index (κ2) is 4.86. The second-order valence-corrected chi connectivity index (χ2v) is 3.81. The van der Waals surface area contributed by atoms with Gasteiger partial charge < -0.3 is 5.73 Å². The van der Waals surface area contributed by atoms with Crippen molar-refractivity contribution in [2.24, 2.45) is 5.73 Å². The van der Waals surface area contributed by atoms with Crippen LogP contribution in [0.15, 0.2) is 36.7 Å². The number of aromatic nitrogens is 2. The van der Waals surface area contributed by atoms with E-state index in [1.165, 1.54) is 11.1 Å². The molecule has 0 bridgehead atoms. The molecule has 0 saturated heterocycles. The van der Waals surface area contributed by atoms with Crippen molar-refractivity contribution in [2.45, 2.75) is 13.3 Å². The zero-order valence-corrected chi connectivity index (χ0v) is 9.35. The van der Waals surface area contributed by atoms with Gasteiger partial charge in [0.05, 0.1) is 11.4 Å². The fourth-order valence-corrected chi connectivity index (χ4v) is 1.61. The Balaban J connectivity index is 2.36. The maximum atomic E-state index is 5.54. The highest BCUT2D eigenvalue weighted by Gasteiger charge is 2.01. The molecular weight excluding hydrogens is 198 g/mol. The molecule has 16 heavy (non-hydrogen) atoms. The van der Waals surface area contributed by atoms with E-state index >= 15 is 0 Å². The van der Waals surface area contributed by atoms with E-state index < -0.39 is 0 Å². The van der Waals surface area contributed by atoms with Gasteiger partial charge in [-0.2, -0.15) is 0 Å². The van der Waals surface area contributed by atoms with Crippen LogP contribution in [0.4, 0.5) is 0 Å². The minimum absolute atomic E-state index is 0.657. The van der Waals surface area contributed by atoms with Gasteiger partial charge in [0, 0.05) is 12.4 Å². The van der Waals surface area contributed by atoms with Crippen LogP contribution in [-0.4, -0.2) is 16.5 Å². The lowest BCUT2D eigenvalue weighted by atomic mass is 10.1. The van der Waals surface area contributed by atoms with Crippen molar-refractivity contribution < 1.29 is 0 Å². The normalized spacial score (nSPS) is 10.4. The maximum Gasteiger partial charge on any atom is 0.0888 e.